The van der Waals surface area contributed by atoms with E-state index >= 15 is 0 Å². The molecule has 184 valence electrons. The van der Waals surface area contributed by atoms with Crippen LogP contribution in [-0.2, 0) is 4.79 Å². The second-order valence-electron chi connectivity index (χ2n) is 8.80. The summed E-state index contributed by atoms with van der Waals surface area (Å²) in [4.78, 5) is 36.0. The number of aromatic nitrogens is 3. The van der Waals surface area contributed by atoms with Crippen molar-refractivity contribution in [3.8, 4) is 5.75 Å². The summed E-state index contributed by atoms with van der Waals surface area (Å²) in [6, 6.07) is 7.59. The lowest BCUT2D eigenvalue weighted by Gasteiger charge is -2.29. The van der Waals surface area contributed by atoms with Gasteiger partial charge < -0.3 is 24.8 Å². The first-order chi connectivity index (χ1) is 16.9. The van der Waals surface area contributed by atoms with Crippen molar-refractivity contribution >= 4 is 68.5 Å². The number of hydrogen-bond acceptors (Lipinski definition) is 7. The number of amides is 1. The largest absolute Gasteiger partial charge is 0.478 e. The molecule has 3 aromatic rings. The maximum atomic E-state index is 13.0. The normalized spacial score (nSPS) is 16.4. The van der Waals surface area contributed by atoms with Crippen LogP contribution in [0.5, 0.6) is 5.75 Å². The van der Waals surface area contributed by atoms with Gasteiger partial charge in [0.25, 0.3) is 11.5 Å². The van der Waals surface area contributed by atoms with E-state index in [1.54, 1.807) is 16.8 Å². The van der Waals surface area contributed by atoms with E-state index in [1.807, 2.05) is 18.2 Å². The maximum absolute atomic E-state index is 13.0. The van der Waals surface area contributed by atoms with Gasteiger partial charge in [-0.25, -0.2) is 4.98 Å². The van der Waals surface area contributed by atoms with Crippen molar-refractivity contribution in [3.05, 3.63) is 45.8 Å². The number of nitrogens with zero attached hydrogens (tertiary/aromatic N) is 4. The Morgan fingerprint density at radius 3 is 2.71 bits per heavy atom. The number of pyridine rings is 1. The number of nitrogens with one attached hydrogen (secondary N) is 2. The summed E-state index contributed by atoms with van der Waals surface area (Å²) in [5.74, 6) is 1.05. The van der Waals surface area contributed by atoms with Crippen LogP contribution in [0.15, 0.2) is 35.3 Å². The molecule has 9 nitrogen and oxygen atoms in total. The van der Waals surface area contributed by atoms with Crippen LogP contribution in [0, 0.1) is 0 Å². The molecule has 0 atom stereocenters. The number of hydrogen-bond donors (Lipinski definition) is 2. The number of anilines is 3. The van der Waals surface area contributed by atoms with Crippen LogP contribution < -0.4 is 25.8 Å². The van der Waals surface area contributed by atoms with Crippen molar-refractivity contribution in [1.82, 2.24) is 19.9 Å². The predicted molar refractivity (Wildman–Crippen MR) is 146 cm³/mol. The van der Waals surface area contributed by atoms with Gasteiger partial charge in [-0.3, -0.25) is 9.59 Å². The number of rotatable bonds is 7. The number of piperidine rings is 1. The topological polar surface area (TPSA) is 101 Å². The molecule has 1 aromatic carbocycles. The Morgan fingerprint density at radius 2 is 2.00 bits per heavy atom. The fourth-order valence-corrected chi connectivity index (χ4v) is 4.89. The SMILES string of the molecule is CNC(=O)COc1cc2cc(Nc3nc(N4CCC(I)CC4)ncc3Cl)ccc2n(C2CC2)c1=O. The number of carbonyl (C=O) groups excluding carboxylic acids is 1. The minimum atomic E-state index is -0.296. The van der Waals surface area contributed by atoms with Gasteiger partial charge >= 0.3 is 0 Å². The number of halogens is 2. The summed E-state index contributed by atoms with van der Waals surface area (Å²) >= 11 is 8.92. The lowest BCUT2D eigenvalue weighted by atomic mass is 10.1. The molecule has 2 aromatic heterocycles. The standard InChI is InChI=1S/C24H26ClIN6O3/c1-27-21(33)13-35-20-11-14-10-16(2-5-19(14)32(23(20)34)17-3-4-17)29-22-18(25)12-28-24(30-22)31-8-6-15(26)7-9-31/h2,5,10-12,15,17H,3-4,6-9,13H2,1H3,(H,27,33)(H,28,29,30). The molecule has 1 aliphatic heterocycles. The van der Waals surface area contributed by atoms with Crippen molar-refractivity contribution in [2.24, 2.45) is 0 Å². The van der Waals surface area contributed by atoms with E-state index in [0.717, 1.165) is 55.4 Å². The van der Waals surface area contributed by atoms with Gasteiger partial charge in [-0.2, -0.15) is 4.98 Å². The van der Waals surface area contributed by atoms with E-state index in [2.05, 4.69) is 48.1 Å². The first kappa shape index (κ1) is 24.1. The molecule has 0 unspecified atom stereocenters. The lowest BCUT2D eigenvalue weighted by Crippen LogP contribution is -2.35. The molecule has 3 heterocycles. The average molecular weight is 609 g/mol. The summed E-state index contributed by atoms with van der Waals surface area (Å²) in [6.07, 6.45) is 5.73. The first-order valence-electron chi connectivity index (χ1n) is 11.6. The van der Waals surface area contributed by atoms with Crippen LogP contribution in [0.4, 0.5) is 17.5 Å². The molecular weight excluding hydrogens is 583 g/mol. The maximum Gasteiger partial charge on any atom is 0.293 e. The van der Waals surface area contributed by atoms with Crippen LogP contribution in [0.2, 0.25) is 5.02 Å². The average Bonchev–Trinajstić information content (AvgIpc) is 3.69. The number of benzene rings is 1. The quantitative estimate of drug-likeness (QED) is 0.308. The molecule has 2 N–H and O–H groups in total. The molecule has 2 aliphatic rings. The van der Waals surface area contributed by atoms with E-state index in [4.69, 9.17) is 16.3 Å². The number of carbonyl (C=O) groups is 1. The highest BCUT2D eigenvalue weighted by Crippen LogP contribution is 2.37. The highest BCUT2D eigenvalue weighted by Gasteiger charge is 2.28. The summed E-state index contributed by atoms with van der Waals surface area (Å²) in [5.41, 5.74) is 1.38. The summed E-state index contributed by atoms with van der Waals surface area (Å²) in [7, 11) is 1.53. The molecule has 2 fully saturated rings. The summed E-state index contributed by atoms with van der Waals surface area (Å²) in [5, 5.41) is 7.06. The van der Waals surface area contributed by atoms with Crippen molar-refractivity contribution in [1.29, 1.82) is 0 Å². The Balaban J connectivity index is 1.45. The molecule has 0 radical (unpaired) electrons. The Kier molecular flexibility index (Phi) is 7.01. The van der Waals surface area contributed by atoms with E-state index in [1.165, 1.54) is 7.05 Å². The Labute approximate surface area is 221 Å². The van der Waals surface area contributed by atoms with Crippen molar-refractivity contribution < 1.29 is 9.53 Å². The Hall–Kier alpha value is -2.60. The smallest absolute Gasteiger partial charge is 0.293 e. The molecular formula is C24H26ClIN6O3. The number of likely N-dealkylation sites (N-methyl/N-ethyl adjacent to an activating group) is 1. The second-order valence-corrected chi connectivity index (χ2v) is 11.0. The van der Waals surface area contributed by atoms with E-state index < -0.39 is 0 Å². The van der Waals surface area contributed by atoms with Crippen LogP contribution in [0.3, 0.4) is 0 Å². The van der Waals surface area contributed by atoms with Crippen LogP contribution in [0.25, 0.3) is 10.9 Å². The highest BCUT2D eigenvalue weighted by atomic mass is 127. The minimum absolute atomic E-state index is 0.151. The minimum Gasteiger partial charge on any atom is -0.478 e. The zero-order valence-corrected chi connectivity index (χ0v) is 22.2. The number of alkyl halides is 1. The van der Waals surface area contributed by atoms with Gasteiger partial charge in [0.15, 0.2) is 18.2 Å². The first-order valence-corrected chi connectivity index (χ1v) is 13.3. The Bertz CT molecular complexity index is 1320. The molecule has 35 heavy (non-hydrogen) atoms. The molecule has 5 rings (SSSR count). The van der Waals surface area contributed by atoms with Gasteiger partial charge in [0, 0.05) is 41.2 Å². The molecule has 11 heteroatoms. The monoisotopic (exact) mass is 608 g/mol. The van der Waals surface area contributed by atoms with Gasteiger partial charge in [-0.15, -0.1) is 0 Å². The molecule has 1 saturated heterocycles. The second kappa shape index (κ2) is 10.2. The van der Waals surface area contributed by atoms with Gasteiger partial charge in [0.2, 0.25) is 5.95 Å². The third-order valence-electron chi connectivity index (χ3n) is 6.25. The van der Waals surface area contributed by atoms with Gasteiger partial charge in [-0.05, 0) is 49.9 Å². The zero-order valence-electron chi connectivity index (χ0n) is 19.3. The van der Waals surface area contributed by atoms with Gasteiger partial charge in [-0.1, -0.05) is 34.2 Å². The summed E-state index contributed by atoms with van der Waals surface area (Å²) < 4.78 is 8.02. The van der Waals surface area contributed by atoms with E-state index in [0.29, 0.717) is 20.7 Å². The molecule has 1 aliphatic carbocycles. The third kappa shape index (κ3) is 5.32. The predicted octanol–water partition coefficient (Wildman–Crippen LogP) is 4.05. The fourth-order valence-electron chi connectivity index (χ4n) is 4.20. The molecule has 1 amide bonds. The van der Waals surface area contributed by atoms with Crippen molar-refractivity contribution in [2.45, 2.75) is 35.6 Å². The van der Waals surface area contributed by atoms with E-state index in [9.17, 15) is 9.59 Å². The molecule has 1 saturated carbocycles. The van der Waals surface area contributed by atoms with Crippen LogP contribution in [-0.4, -0.2) is 51.1 Å². The van der Waals surface area contributed by atoms with E-state index in [-0.39, 0.29) is 29.9 Å². The summed E-state index contributed by atoms with van der Waals surface area (Å²) in [6.45, 7) is 1.62. The van der Waals surface area contributed by atoms with Crippen molar-refractivity contribution in [3.63, 3.8) is 0 Å². The number of fused-ring (bicyclic) bond motifs is 1. The van der Waals surface area contributed by atoms with Crippen LogP contribution in [0.1, 0.15) is 31.7 Å². The fraction of sp³-hybridized carbons (Fsp3) is 0.417. The molecule has 0 spiro atoms. The molecule has 0 bridgehead atoms. The third-order valence-corrected chi connectivity index (χ3v) is 7.78. The zero-order chi connectivity index (χ0) is 24.5. The highest BCUT2D eigenvalue weighted by molar-refractivity contribution is 14.1. The van der Waals surface area contributed by atoms with Crippen LogP contribution >= 0.6 is 34.2 Å². The lowest BCUT2D eigenvalue weighted by molar-refractivity contribution is -0.122. The number of ether oxygens (including phenoxy) is 1. The van der Waals surface area contributed by atoms with Crippen molar-refractivity contribution in [2.75, 3.05) is 37.0 Å². The van der Waals surface area contributed by atoms with Gasteiger partial charge in [0.1, 0.15) is 5.02 Å². The Morgan fingerprint density at radius 1 is 1.23 bits per heavy atom. The van der Waals surface area contributed by atoms with Gasteiger partial charge in [0.05, 0.1) is 11.7 Å².